The third-order valence-corrected chi connectivity index (χ3v) is 3.30. The predicted octanol–water partition coefficient (Wildman–Crippen LogP) is 2.18. The topological polar surface area (TPSA) is 15.3 Å². The summed E-state index contributed by atoms with van der Waals surface area (Å²) in [5, 5.41) is 3.07. The Hall–Kier alpha value is -1.21. The Bertz CT molecular complexity index is 462. The van der Waals surface area contributed by atoms with E-state index in [2.05, 4.69) is 5.32 Å². The van der Waals surface area contributed by atoms with Crippen molar-refractivity contribution in [2.75, 3.05) is 19.6 Å². The van der Waals surface area contributed by atoms with Crippen molar-refractivity contribution in [1.29, 1.82) is 0 Å². The van der Waals surface area contributed by atoms with E-state index in [9.17, 15) is 22.0 Å². The van der Waals surface area contributed by atoms with E-state index in [-0.39, 0.29) is 12.6 Å². The van der Waals surface area contributed by atoms with Gasteiger partial charge in [0.25, 0.3) is 0 Å². The van der Waals surface area contributed by atoms with Gasteiger partial charge in [0.2, 0.25) is 5.82 Å². The molecule has 0 saturated carbocycles. The van der Waals surface area contributed by atoms with Crippen LogP contribution in [0.1, 0.15) is 12.5 Å². The molecule has 0 amide bonds. The maximum Gasteiger partial charge on any atom is 0.200 e. The zero-order valence-electron chi connectivity index (χ0n) is 10.2. The maximum atomic E-state index is 13.5. The third kappa shape index (κ3) is 2.57. The molecule has 1 aliphatic rings. The highest BCUT2D eigenvalue weighted by Gasteiger charge is 2.28. The fraction of sp³-hybridized carbons (Fsp3) is 0.500. The van der Waals surface area contributed by atoms with Gasteiger partial charge < -0.3 is 5.32 Å². The molecule has 19 heavy (non-hydrogen) atoms. The molecule has 106 valence electrons. The first-order valence-corrected chi connectivity index (χ1v) is 5.88. The molecule has 1 fully saturated rings. The molecule has 0 spiro atoms. The summed E-state index contributed by atoms with van der Waals surface area (Å²) in [6.07, 6.45) is 0. The fourth-order valence-corrected chi connectivity index (χ4v) is 2.11. The van der Waals surface area contributed by atoms with Gasteiger partial charge >= 0.3 is 0 Å². The van der Waals surface area contributed by atoms with E-state index in [1.54, 1.807) is 4.90 Å². The number of nitrogens with zero attached hydrogens (tertiary/aromatic N) is 1. The summed E-state index contributed by atoms with van der Waals surface area (Å²) in [5.41, 5.74) is -0.773. The summed E-state index contributed by atoms with van der Waals surface area (Å²) in [4.78, 5) is 1.68. The van der Waals surface area contributed by atoms with Crippen LogP contribution in [0, 0.1) is 29.1 Å². The summed E-state index contributed by atoms with van der Waals surface area (Å²) in [6, 6.07) is -0.0382. The second-order valence-electron chi connectivity index (χ2n) is 4.57. The summed E-state index contributed by atoms with van der Waals surface area (Å²) in [6.45, 7) is 3.22. The second kappa shape index (κ2) is 5.42. The van der Waals surface area contributed by atoms with E-state index in [1.807, 2.05) is 6.92 Å². The summed E-state index contributed by atoms with van der Waals surface area (Å²) in [5.74, 6) is -9.40. The highest BCUT2D eigenvalue weighted by molar-refractivity contribution is 5.24. The van der Waals surface area contributed by atoms with Gasteiger partial charge in [-0.3, -0.25) is 4.90 Å². The predicted molar refractivity (Wildman–Crippen MR) is 59.0 cm³/mol. The average molecular weight is 280 g/mol. The van der Waals surface area contributed by atoms with Crippen LogP contribution in [0.15, 0.2) is 0 Å². The standard InChI is InChI=1S/C12H13F5N2/c1-6-4-18-2-3-19(6)5-7-8(13)10(15)12(17)11(16)9(7)14/h6,18H,2-5H2,1H3/t6-/m0/s1. The largest absolute Gasteiger partial charge is 0.314 e. The fourth-order valence-electron chi connectivity index (χ4n) is 2.11. The van der Waals surface area contributed by atoms with Crippen LogP contribution in [0.25, 0.3) is 0 Å². The molecule has 2 rings (SSSR count). The Balaban J connectivity index is 2.34. The smallest absolute Gasteiger partial charge is 0.200 e. The van der Waals surface area contributed by atoms with Crippen LogP contribution in [0.2, 0.25) is 0 Å². The van der Waals surface area contributed by atoms with Crippen molar-refractivity contribution in [3.63, 3.8) is 0 Å². The zero-order chi connectivity index (χ0) is 14.2. The minimum atomic E-state index is -2.12. The number of hydrogen-bond acceptors (Lipinski definition) is 2. The summed E-state index contributed by atoms with van der Waals surface area (Å²) in [7, 11) is 0. The minimum absolute atomic E-state index is 0.0382. The van der Waals surface area contributed by atoms with E-state index < -0.39 is 34.6 Å². The average Bonchev–Trinajstić information content (AvgIpc) is 2.41. The number of hydrogen-bond donors (Lipinski definition) is 1. The molecule has 1 aromatic rings. The van der Waals surface area contributed by atoms with Gasteiger partial charge in [-0.2, -0.15) is 0 Å². The first-order valence-electron chi connectivity index (χ1n) is 5.88. The van der Waals surface area contributed by atoms with E-state index in [0.29, 0.717) is 19.6 Å². The summed E-state index contributed by atoms with van der Waals surface area (Å²) >= 11 is 0. The molecule has 1 N–H and O–H groups in total. The van der Waals surface area contributed by atoms with Crippen LogP contribution in [-0.4, -0.2) is 30.6 Å². The molecule has 1 saturated heterocycles. The molecular formula is C12H13F5N2. The van der Waals surface area contributed by atoms with Gasteiger partial charge in [-0.1, -0.05) is 0 Å². The zero-order valence-corrected chi connectivity index (χ0v) is 10.2. The molecule has 1 atom stereocenters. The van der Waals surface area contributed by atoms with Crippen molar-refractivity contribution in [3.8, 4) is 0 Å². The molecule has 1 aliphatic heterocycles. The molecule has 0 bridgehead atoms. The van der Waals surface area contributed by atoms with Crippen molar-refractivity contribution >= 4 is 0 Å². The van der Waals surface area contributed by atoms with Crippen LogP contribution in [0.4, 0.5) is 22.0 Å². The minimum Gasteiger partial charge on any atom is -0.314 e. The van der Waals surface area contributed by atoms with Crippen molar-refractivity contribution in [2.24, 2.45) is 0 Å². The SMILES string of the molecule is C[C@H]1CNCCN1Cc1c(F)c(F)c(F)c(F)c1F. The first-order chi connectivity index (χ1) is 8.93. The van der Waals surface area contributed by atoms with Crippen LogP contribution >= 0.6 is 0 Å². The number of nitrogens with one attached hydrogen (secondary N) is 1. The Morgan fingerprint density at radius 3 is 2.05 bits per heavy atom. The molecular weight excluding hydrogens is 267 g/mol. The third-order valence-electron chi connectivity index (χ3n) is 3.30. The van der Waals surface area contributed by atoms with Gasteiger partial charge in [-0.25, -0.2) is 22.0 Å². The molecule has 7 heteroatoms. The van der Waals surface area contributed by atoms with Crippen LogP contribution in [0.5, 0.6) is 0 Å². The second-order valence-corrected chi connectivity index (χ2v) is 4.57. The molecule has 2 nitrogen and oxygen atoms in total. The number of piperazine rings is 1. The van der Waals surface area contributed by atoms with Crippen LogP contribution < -0.4 is 5.32 Å². The van der Waals surface area contributed by atoms with E-state index in [1.165, 1.54) is 0 Å². The molecule has 0 aromatic heterocycles. The molecule has 1 aromatic carbocycles. The lowest BCUT2D eigenvalue weighted by Gasteiger charge is -2.34. The Kier molecular flexibility index (Phi) is 4.05. The lowest BCUT2D eigenvalue weighted by Crippen LogP contribution is -2.49. The van der Waals surface area contributed by atoms with Gasteiger partial charge in [-0.15, -0.1) is 0 Å². The van der Waals surface area contributed by atoms with E-state index in [4.69, 9.17) is 0 Å². The lowest BCUT2D eigenvalue weighted by atomic mass is 10.1. The number of halogens is 5. The van der Waals surface area contributed by atoms with Gasteiger partial charge in [0.15, 0.2) is 23.3 Å². The van der Waals surface area contributed by atoms with Crippen LogP contribution in [0.3, 0.4) is 0 Å². The van der Waals surface area contributed by atoms with Gasteiger partial charge in [0.1, 0.15) is 0 Å². The van der Waals surface area contributed by atoms with Crippen molar-refractivity contribution in [1.82, 2.24) is 10.2 Å². The molecule has 1 heterocycles. The molecule has 0 aliphatic carbocycles. The Morgan fingerprint density at radius 2 is 1.53 bits per heavy atom. The van der Waals surface area contributed by atoms with Gasteiger partial charge in [0.05, 0.1) is 0 Å². The highest BCUT2D eigenvalue weighted by atomic mass is 19.2. The number of benzene rings is 1. The normalized spacial score (nSPS) is 20.8. The van der Waals surface area contributed by atoms with E-state index in [0.717, 1.165) is 0 Å². The maximum absolute atomic E-state index is 13.5. The van der Waals surface area contributed by atoms with Crippen molar-refractivity contribution in [2.45, 2.75) is 19.5 Å². The molecule has 0 radical (unpaired) electrons. The monoisotopic (exact) mass is 280 g/mol. The first kappa shape index (κ1) is 14.2. The lowest BCUT2D eigenvalue weighted by molar-refractivity contribution is 0.160. The van der Waals surface area contributed by atoms with Gasteiger partial charge in [-0.05, 0) is 6.92 Å². The van der Waals surface area contributed by atoms with Crippen molar-refractivity contribution in [3.05, 3.63) is 34.6 Å². The van der Waals surface area contributed by atoms with Crippen molar-refractivity contribution < 1.29 is 22.0 Å². The molecule has 0 unspecified atom stereocenters. The van der Waals surface area contributed by atoms with Gasteiger partial charge in [0, 0.05) is 37.8 Å². The number of rotatable bonds is 2. The Labute approximate surface area is 107 Å². The summed E-state index contributed by atoms with van der Waals surface area (Å²) < 4.78 is 66.1. The highest BCUT2D eigenvalue weighted by Crippen LogP contribution is 2.24. The van der Waals surface area contributed by atoms with E-state index >= 15 is 0 Å². The Morgan fingerprint density at radius 1 is 1.00 bits per heavy atom. The quantitative estimate of drug-likeness (QED) is 0.507. The van der Waals surface area contributed by atoms with Crippen LogP contribution in [-0.2, 0) is 6.54 Å².